The van der Waals surface area contributed by atoms with Crippen LogP contribution in [-0.2, 0) is 11.3 Å². The summed E-state index contributed by atoms with van der Waals surface area (Å²) in [7, 11) is 0. The van der Waals surface area contributed by atoms with Crippen molar-refractivity contribution in [1.82, 2.24) is 0 Å². The number of ether oxygens (including phenoxy) is 1. The second-order valence-electron chi connectivity index (χ2n) is 3.13. The molecular formula is C12H15IO. The minimum atomic E-state index is 0.191. The molecule has 1 nitrogen and oxygen atoms in total. The van der Waals surface area contributed by atoms with Crippen molar-refractivity contribution in [2.45, 2.75) is 26.6 Å². The molecule has 0 aliphatic rings. The molecular weight excluding hydrogens is 287 g/mol. The van der Waals surface area contributed by atoms with Crippen molar-refractivity contribution in [2.75, 3.05) is 0 Å². The molecule has 0 N–H and O–H groups in total. The van der Waals surface area contributed by atoms with Gasteiger partial charge in [0.1, 0.15) is 0 Å². The quantitative estimate of drug-likeness (QED) is 0.607. The third kappa shape index (κ3) is 3.80. The highest BCUT2D eigenvalue weighted by Crippen LogP contribution is 2.13. The number of benzene rings is 1. The van der Waals surface area contributed by atoms with Crippen molar-refractivity contribution < 1.29 is 4.74 Å². The van der Waals surface area contributed by atoms with Crippen LogP contribution in [0.4, 0.5) is 0 Å². The molecule has 0 bridgehead atoms. The van der Waals surface area contributed by atoms with E-state index in [9.17, 15) is 0 Å². The van der Waals surface area contributed by atoms with Crippen LogP contribution in [0.3, 0.4) is 0 Å². The van der Waals surface area contributed by atoms with E-state index in [4.69, 9.17) is 4.74 Å². The second kappa shape index (κ2) is 6.19. The summed E-state index contributed by atoms with van der Waals surface area (Å²) < 4.78 is 6.92. The molecule has 0 heterocycles. The summed E-state index contributed by atoms with van der Waals surface area (Å²) in [6, 6.07) is 8.28. The highest BCUT2D eigenvalue weighted by atomic mass is 127. The van der Waals surface area contributed by atoms with E-state index in [0.29, 0.717) is 6.61 Å². The molecule has 0 spiro atoms. The SMILES string of the molecule is C/C=C/C(C)OCc1ccccc1I. The predicted molar refractivity (Wildman–Crippen MR) is 68.2 cm³/mol. The maximum absolute atomic E-state index is 5.66. The molecule has 76 valence electrons. The highest BCUT2D eigenvalue weighted by molar-refractivity contribution is 14.1. The van der Waals surface area contributed by atoms with Gasteiger partial charge in [-0.15, -0.1) is 0 Å². The van der Waals surface area contributed by atoms with Gasteiger partial charge in [0.15, 0.2) is 0 Å². The number of hydrogen-bond acceptors (Lipinski definition) is 1. The molecule has 1 unspecified atom stereocenters. The van der Waals surface area contributed by atoms with Crippen LogP contribution in [0, 0.1) is 3.57 Å². The maximum Gasteiger partial charge on any atom is 0.0735 e. The molecule has 0 aromatic heterocycles. The van der Waals surface area contributed by atoms with E-state index < -0.39 is 0 Å². The fourth-order valence-electron chi connectivity index (χ4n) is 1.16. The van der Waals surface area contributed by atoms with E-state index in [-0.39, 0.29) is 6.10 Å². The number of rotatable bonds is 4. The van der Waals surface area contributed by atoms with Gasteiger partial charge in [-0.3, -0.25) is 0 Å². The van der Waals surface area contributed by atoms with Gasteiger partial charge in [-0.2, -0.15) is 0 Å². The first-order valence-electron chi connectivity index (χ1n) is 4.72. The summed E-state index contributed by atoms with van der Waals surface area (Å²) in [6.45, 7) is 4.74. The molecule has 0 aliphatic heterocycles. The lowest BCUT2D eigenvalue weighted by atomic mass is 10.2. The third-order valence-corrected chi connectivity index (χ3v) is 2.98. The highest BCUT2D eigenvalue weighted by Gasteiger charge is 2.00. The maximum atomic E-state index is 5.66. The minimum absolute atomic E-state index is 0.191. The van der Waals surface area contributed by atoms with E-state index in [0.717, 1.165) is 0 Å². The van der Waals surface area contributed by atoms with Crippen LogP contribution in [0.1, 0.15) is 19.4 Å². The third-order valence-electron chi connectivity index (χ3n) is 1.92. The Hall–Kier alpha value is -0.350. The van der Waals surface area contributed by atoms with E-state index in [1.165, 1.54) is 9.13 Å². The van der Waals surface area contributed by atoms with Crippen molar-refractivity contribution in [3.63, 3.8) is 0 Å². The van der Waals surface area contributed by atoms with Crippen molar-refractivity contribution in [1.29, 1.82) is 0 Å². The average molecular weight is 302 g/mol. The Kier molecular flexibility index (Phi) is 5.19. The first kappa shape index (κ1) is 11.7. The lowest BCUT2D eigenvalue weighted by Crippen LogP contribution is -2.05. The molecule has 0 saturated carbocycles. The Bertz CT molecular complexity index is 307. The normalized spacial score (nSPS) is 13.4. The molecule has 1 aromatic rings. The summed E-state index contributed by atoms with van der Waals surface area (Å²) in [6.07, 6.45) is 4.26. The summed E-state index contributed by atoms with van der Waals surface area (Å²) in [5.41, 5.74) is 1.25. The summed E-state index contributed by atoms with van der Waals surface area (Å²) >= 11 is 2.33. The fraction of sp³-hybridized carbons (Fsp3) is 0.333. The Labute approximate surface area is 99.3 Å². The molecule has 0 amide bonds. The lowest BCUT2D eigenvalue weighted by molar-refractivity contribution is 0.0836. The predicted octanol–water partition coefficient (Wildman–Crippen LogP) is 3.77. The molecule has 1 rings (SSSR count). The van der Waals surface area contributed by atoms with E-state index in [1.807, 2.05) is 25.1 Å². The molecule has 0 radical (unpaired) electrons. The average Bonchev–Trinajstić information content (AvgIpc) is 2.17. The van der Waals surface area contributed by atoms with Crippen LogP contribution in [-0.4, -0.2) is 6.10 Å². The van der Waals surface area contributed by atoms with Crippen LogP contribution in [0.25, 0.3) is 0 Å². The van der Waals surface area contributed by atoms with Crippen LogP contribution in [0.15, 0.2) is 36.4 Å². The van der Waals surface area contributed by atoms with Crippen LogP contribution >= 0.6 is 22.6 Å². The topological polar surface area (TPSA) is 9.23 Å². The van der Waals surface area contributed by atoms with Crippen LogP contribution < -0.4 is 0 Å². The van der Waals surface area contributed by atoms with Gasteiger partial charge in [-0.25, -0.2) is 0 Å². The summed E-state index contributed by atoms with van der Waals surface area (Å²) in [4.78, 5) is 0. The van der Waals surface area contributed by atoms with Gasteiger partial charge in [0, 0.05) is 3.57 Å². The number of allylic oxidation sites excluding steroid dienone is 1. The standard InChI is InChI=1S/C12H15IO/c1-3-6-10(2)14-9-11-7-4-5-8-12(11)13/h3-8,10H,9H2,1-2H3/b6-3+. The van der Waals surface area contributed by atoms with Gasteiger partial charge in [-0.1, -0.05) is 30.4 Å². The van der Waals surface area contributed by atoms with Gasteiger partial charge in [0.05, 0.1) is 12.7 Å². The second-order valence-corrected chi connectivity index (χ2v) is 4.30. The van der Waals surface area contributed by atoms with E-state index >= 15 is 0 Å². The first-order valence-corrected chi connectivity index (χ1v) is 5.79. The molecule has 1 aromatic carbocycles. The zero-order valence-electron chi connectivity index (χ0n) is 8.53. The van der Waals surface area contributed by atoms with E-state index in [2.05, 4.69) is 47.7 Å². The molecule has 0 saturated heterocycles. The Balaban J connectivity index is 2.49. The number of hydrogen-bond donors (Lipinski definition) is 0. The Morgan fingerprint density at radius 2 is 2.14 bits per heavy atom. The van der Waals surface area contributed by atoms with Gasteiger partial charge in [-0.05, 0) is 48.1 Å². The molecule has 0 fully saturated rings. The zero-order valence-corrected chi connectivity index (χ0v) is 10.7. The number of halogens is 1. The van der Waals surface area contributed by atoms with Crippen molar-refractivity contribution in [3.8, 4) is 0 Å². The Morgan fingerprint density at radius 3 is 2.79 bits per heavy atom. The van der Waals surface area contributed by atoms with Gasteiger partial charge in [0.2, 0.25) is 0 Å². The van der Waals surface area contributed by atoms with Gasteiger partial charge in [0.25, 0.3) is 0 Å². The summed E-state index contributed by atoms with van der Waals surface area (Å²) in [5.74, 6) is 0. The lowest BCUT2D eigenvalue weighted by Gasteiger charge is -2.09. The van der Waals surface area contributed by atoms with Gasteiger partial charge >= 0.3 is 0 Å². The first-order chi connectivity index (χ1) is 6.74. The Morgan fingerprint density at radius 1 is 1.43 bits per heavy atom. The minimum Gasteiger partial charge on any atom is -0.370 e. The smallest absolute Gasteiger partial charge is 0.0735 e. The molecule has 1 atom stereocenters. The molecule has 0 aliphatic carbocycles. The van der Waals surface area contributed by atoms with Crippen LogP contribution in [0.2, 0.25) is 0 Å². The van der Waals surface area contributed by atoms with Crippen molar-refractivity contribution in [2.24, 2.45) is 0 Å². The van der Waals surface area contributed by atoms with Crippen LogP contribution in [0.5, 0.6) is 0 Å². The van der Waals surface area contributed by atoms with E-state index in [1.54, 1.807) is 0 Å². The largest absolute Gasteiger partial charge is 0.370 e. The van der Waals surface area contributed by atoms with Gasteiger partial charge < -0.3 is 4.74 Å². The fourth-order valence-corrected chi connectivity index (χ4v) is 1.71. The van der Waals surface area contributed by atoms with Crippen molar-refractivity contribution in [3.05, 3.63) is 45.6 Å². The molecule has 14 heavy (non-hydrogen) atoms. The summed E-state index contributed by atoms with van der Waals surface area (Å²) in [5, 5.41) is 0. The van der Waals surface area contributed by atoms with Crippen molar-refractivity contribution >= 4 is 22.6 Å². The monoisotopic (exact) mass is 302 g/mol. The molecule has 2 heteroatoms. The zero-order chi connectivity index (χ0) is 10.4.